The maximum atomic E-state index is 12.4. The van der Waals surface area contributed by atoms with E-state index < -0.39 is 5.97 Å². The van der Waals surface area contributed by atoms with Crippen molar-refractivity contribution in [3.05, 3.63) is 65.0 Å². The first-order chi connectivity index (χ1) is 15.2. The Kier molecular flexibility index (Phi) is 7.26. The van der Waals surface area contributed by atoms with E-state index >= 15 is 0 Å². The van der Waals surface area contributed by atoms with Gasteiger partial charge in [-0.25, -0.2) is 4.79 Å². The number of carboxylic acids is 1. The molecule has 0 radical (unpaired) electrons. The third-order valence-electron chi connectivity index (χ3n) is 4.63. The summed E-state index contributed by atoms with van der Waals surface area (Å²) >= 11 is 1.17. The van der Waals surface area contributed by atoms with Crippen molar-refractivity contribution < 1.29 is 19.5 Å². The molecule has 2 aromatic carbocycles. The van der Waals surface area contributed by atoms with Crippen molar-refractivity contribution >= 4 is 40.9 Å². The number of aromatic carboxylic acids is 1. The minimum absolute atomic E-state index is 0.0472. The number of carbonyl (C=O) groups excluding carboxylic acids is 2. The second kappa shape index (κ2) is 10.1. The number of nitrogens with one attached hydrogen (secondary N) is 2. The highest BCUT2D eigenvalue weighted by Gasteiger charge is 2.15. The monoisotopic (exact) mass is 453 g/mol. The number of amides is 2. The molecule has 3 rings (SSSR count). The third-order valence-corrected chi connectivity index (χ3v) is 5.65. The molecule has 0 bridgehead atoms. The number of anilines is 2. The fourth-order valence-corrected chi connectivity index (χ4v) is 3.70. The number of carbonyl (C=O) groups is 3. The Morgan fingerprint density at radius 3 is 2.53 bits per heavy atom. The fourth-order valence-electron chi connectivity index (χ4n) is 2.97. The zero-order valence-electron chi connectivity index (χ0n) is 17.9. The van der Waals surface area contributed by atoms with Crippen LogP contribution in [-0.4, -0.2) is 43.4 Å². The van der Waals surface area contributed by atoms with Crippen molar-refractivity contribution in [3.8, 4) is 0 Å². The van der Waals surface area contributed by atoms with Gasteiger partial charge in [0.1, 0.15) is 5.82 Å². The van der Waals surface area contributed by atoms with Crippen LogP contribution in [0.1, 0.15) is 27.3 Å². The first-order valence-corrected chi connectivity index (χ1v) is 10.7. The van der Waals surface area contributed by atoms with Gasteiger partial charge in [0.05, 0.1) is 17.7 Å². The largest absolute Gasteiger partial charge is 0.478 e. The summed E-state index contributed by atoms with van der Waals surface area (Å²) in [5.74, 6) is -1.05. The number of aromatic nitrogens is 3. The van der Waals surface area contributed by atoms with Crippen LogP contribution in [-0.2, 0) is 23.1 Å². The minimum Gasteiger partial charge on any atom is -0.478 e. The molecule has 10 heteroatoms. The van der Waals surface area contributed by atoms with Gasteiger partial charge in [-0.15, -0.1) is 10.2 Å². The summed E-state index contributed by atoms with van der Waals surface area (Å²) in [7, 11) is 1.73. The van der Waals surface area contributed by atoms with E-state index in [1.807, 2.05) is 32.0 Å². The Balaban J connectivity index is 1.55. The summed E-state index contributed by atoms with van der Waals surface area (Å²) in [6, 6.07) is 11.8. The van der Waals surface area contributed by atoms with E-state index in [1.54, 1.807) is 23.7 Å². The van der Waals surface area contributed by atoms with Crippen molar-refractivity contribution in [3.63, 3.8) is 0 Å². The molecule has 32 heavy (non-hydrogen) atoms. The number of thioether (sulfide) groups is 1. The quantitative estimate of drug-likeness (QED) is 0.448. The van der Waals surface area contributed by atoms with Gasteiger partial charge in [0.2, 0.25) is 11.8 Å². The maximum absolute atomic E-state index is 12.4. The molecule has 0 aliphatic carbocycles. The highest BCUT2D eigenvalue weighted by atomic mass is 32.2. The van der Waals surface area contributed by atoms with E-state index in [0.717, 1.165) is 16.8 Å². The molecule has 2 amide bonds. The average molecular weight is 454 g/mol. The van der Waals surface area contributed by atoms with E-state index in [0.29, 0.717) is 16.7 Å². The Morgan fingerprint density at radius 2 is 1.81 bits per heavy atom. The Bertz CT molecular complexity index is 1170. The van der Waals surface area contributed by atoms with Crippen LogP contribution in [0, 0.1) is 13.8 Å². The van der Waals surface area contributed by atoms with E-state index in [1.165, 1.54) is 23.9 Å². The van der Waals surface area contributed by atoms with Crippen molar-refractivity contribution in [2.24, 2.45) is 7.05 Å². The first kappa shape index (κ1) is 23.0. The van der Waals surface area contributed by atoms with E-state index in [2.05, 4.69) is 20.8 Å². The SMILES string of the molecule is Cc1ccc(NC(=O)Cc2nnc(SCC(=O)Nc3cccc(C(=O)O)c3)n2C)c(C)c1. The molecular formula is C22H23N5O4S. The Morgan fingerprint density at radius 1 is 1.03 bits per heavy atom. The van der Waals surface area contributed by atoms with Gasteiger partial charge in [-0.2, -0.15) is 0 Å². The van der Waals surface area contributed by atoms with Gasteiger partial charge in [0, 0.05) is 18.4 Å². The van der Waals surface area contributed by atoms with Crippen LogP contribution >= 0.6 is 11.8 Å². The van der Waals surface area contributed by atoms with Gasteiger partial charge in [-0.1, -0.05) is 35.5 Å². The minimum atomic E-state index is -1.07. The standard InChI is InChI=1S/C22H23N5O4S/c1-13-7-8-17(14(2)9-13)24-19(28)11-18-25-26-22(27(18)3)32-12-20(29)23-16-6-4-5-15(10-16)21(30)31/h4-10H,11-12H2,1-3H3,(H,23,29)(H,24,28)(H,30,31). The molecule has 3 N–H and O–H groups in total. The number of hydrogen-bond donors (Lipinski definition) is 3. The van der Waals surface area contributed by atoms with Gasteiger partial charge in [0.25, 0.3) is 0 Å². The Labute approximate surface area is 189 Å². The molecule has 0 fully saturated rings. The van der Waals surface area contributed by atoms with Crippen LogP contribution in [0.25, 0.3) is 0 Å². The van der Waals surface area contributed by atoms with E-state index in [9.17, 15) is 14.4 Å². The number of aryl methyl sites for hydroxylation is 2. The molecule has 0 unspecified atom stereocenters. The van der Waals surface area contributed by atoms with Crippen LogP contribution in [0.15, 0.2) is 47.6 Å². The number of nitrogens with zero attached hydrogens (tertiary/aromatic N) is 3. The lowest BCUT2D eigenvalue weighted by molar-refractivity contribution is -0.116. The predicted octanol–water partition coefficient (Wildman–Crippen LogP) is 3.04. The number of benzene rings is 2. The zero-order chi connectivity index (χ0) is 23.3. The summed E-state index contributed by atoms with van der Waals surface area (Å²) < 4.78 is 1.67. The van der Waals surface area contributed by atoms with Crippen molar-refractivity contribution in [1.29, 1.82) is 0 Å². The second-order valence-corrected chi connectivity index (χ2v) is 8.17. The second-order valence-electron chi connectivity index (χ2n) is 7.22. The molecule has 9 nitrogen and oxygen atoms in total. The van der Waals surface area contributed by atoms with Gasteiger partial charge < -0.3 is 20.3 Å². The molecule has 0 saturated heterocycles. The zero-order valence-corrected chi connectivity index (χ0v) is 18.7. The van der Waals surface area contributed by atoms with E-state index in [4.69, 9.17) is 5.11 Å². The van der Waals surface area contributed by atoms with Crippen LogP contribution in [0.2, 0.25) is 0 Å². The molecular weight excluding hydrogens is 430 g/mol. The van der Waals surface area contributed by atoms with Crippen molar-refractivity contribution in [1.82, 2.24) is 14.8 Å². The number of carboxylic acid groups (broad SMARTS) is 1. The van der Waals surface area contributed by atoms with Gasteiger partial charge in [-0.3, -0.25) is 9.59 Å². The Hall–Kier alpha value is -3.66. The number of rotatable bonds is 8. The molecule has 3 aromatic rings. The summed E-state index contributed by atoms with van der Waals surface area (Å²) in [6.45, 7) is 3.92. The van der Waals surface area contributed by atoms with E-state index in [-0.39, 0.29) is 29.6 Å². The average Bonchev–Trinajstić information content (AvgIpc) is 3.08. The lowest BCUT2D eigenvalue weighted by atomic mass is 10.1. The smallest absolute Gasteiger partial charge is 0.335 e. The lowest BCUT2D eigenvalue weighted by Crippen LogP contribution is -2.18. The van der Waals surface area contributed by atoms with Crippen LogP contribution in [0.4, 0.5) is 11.4 Å². The summed E-state index contributed by atoms with van der Waals surface area (Å²) in [5.41, 5.74) is 3.34. The highest BCUT2D eigenvalue weighted by molar-refractivity contribution is 7.99. The fraction of sp³-hybridized carbons (Fsp3) is 0.227. The molecule has 0 atom stereocenters. The third kappa shape index (κ3) is 5.94. The topological polar surface area (TPSA) is 126 Å². The lowest BCUT2D eigenvalue weighted by Gasteiger charge is -2.09. The first-order valence-electron chi connectivity index (χ1n) is 9.74. The number of hydrogen-bond acceptors (Lipinski definition) is 6. The molecule has 1 heterocycles. The molecule has 0 aliphatic heterocycles. The van der Waals surface area contributed by atoms with Gasteiger partial charge in [-0.05, 0) is 43.7 Å². The van der Waals surface area contributed by atoms with Crippen molar-refractivity contribution in [2.45, 2.75) is 25.4 Å². The normalized spacial score (nSPS) is 10.6. The van der Waals surface area contributed by atoms with Crippen LogP contribution in [0.5, 0.6) is 0 Å². The molecule has 0 saturated carbocycles. The van der Waals surface area contributed by atoms with Gasteiger partial charge >= 0.3 is 5.97 Å². The molecule has 0 aliphatic rings. The van der Waals surface area contributed by atoms with Crippen LogP contribution < -0.4 is 10.6 Å². The molecule has 0 spiro atoms. The molecule has 166 valence electrons. The van der Waals surface area contributed by atoms with Gasteiger partial charge in [0.15, 0.2) is 5.16 Å². The predicted molar refractivity (Wildman–Crippen MR) is 122 cm³/mol. The van der Waals surface area contributed by atoms with Crippen molar-refractivity contribution in [2.75, 3.05) is 16.4 Å². The maximum Gasteiger partial charge on any atom is 0.335 e. The summed E-state index contributed by atoms with van der Waals surface area (Å²) in [5, 5.41) is 23.2. The summed E-state index contributed by atoms with van der Waals surface area (Å²) in [6.07, 6.45) is 0.0472. The molecule has 1 aromatic heterocycles. The highest BCUT2D eigenvalue weighted by Crippen LogP contribution is 2.19. The summed E-state index contributed by atoms with van der Waals surface area (Å²) in [4.78, 5) is 35.7. The van der Waals surface area contributed by atoms with Crippen LogP contribution in [0.3, 0.4) is 0 Å².